The third-order valence-electron chi connectivity index (χ3n) is 5.42. The highest BCUT2D eigenvalue weighted by atomic mass is 16.6. The third kappa shape index (κ3) is 4.24. The van der Waals surface area contributed by atoms with Gasteiger partial charge in [-0.05, 0) is 42.0 Å². The van der Waals surface area contributed by atoms with Crippen LogP contribution < -0.4 is 4.74 Å². The van der Waals surface area contributed by atoms with Crippen molar-refractivity contribution >= 4 is 17.8 Å². The Kier molecular flexibility index (Phi) is 5.76. The largest absolute Gasteiger partial charge is 0.496 e. The summed E-state index contributed by atoms with van der Waals surface area (Å²) in [5, 5.41) is 3.86. The average Bonchev–Trinajstić information content (AvgIpc) is 3.47. The number of hydrogen-bond donors (Lipinski definition) is 0. The van der Waals surface area contributed by atoms with E-state index in [4.69, 9.17) is 14.0 Å². The molecule has 4 aromatic rings. The highest BCUT2D eigenvalue weighted by Gasteiger charge is 2.35. The Balaban J connectivity index is 1.30. The van der Waals surface area contributed by atoms with Crippen LogP contribution in [0.4, 0.5) is 0 Å². The van der Waals surface area contributed by atoms with Crippen molar-refractivity contribution < 1.29 is 28.4 Å². The number of carbonyl (C=O) groups excluding carboxylic acids is 3. The highest BCUT2D eigenvalue weighted by molar-refractivity contribution is 6.21. The molecule has 0 atom stereocenters. The summed E-state index contributed by atoms with van der Waals surface area (Å²) in [5.74, 6) is -0.740. The molecule has 0 radical (unpaired) electrons. The van der Waals surface area contributed by atoms with Gasteiger partial charge < -0.3 is 14.0 Å². The molecule has 0 fully saturated rings. The summed E-state index contributed by atoms with van der Waals surface area (Å²) in [6.07, 6.45) is 3.22. The minimum atomic E-state index is -0.688. The van der Waals surface area contributed by atoms with E-state index >= 15 is 0 Å². The molecule has 5 rings (SSSR count). The van der Waals surface area contributed by atoms with E-state index in [-0.39, 0.29) is 42.2 Å². The topological polar surface area (TPSA) is 125 Å². The van der Waals surface area contributed by atoms with Gasteiger partial charge in [-0.15, -0.1) is 0 Å². The predicted octanol–water partition coefficient (Wildman–Crippen LogP) is 3.29. The van der Waals surface area contributed by atoms with Crippen molar-refractivity contribution in [1.82, 2.24) is 20.0 Å². The molecule has 2 amide bonds. The van der Waals surface area contributed by atoms with Gasteiger partial charge in [-0.25, -0.2) is 4.79 Å². The number of methoxy groups -OCH3 is 1. The minimum Gasteiger partial charge on any atom is -0.496 e. The van der Waals surface area contributed by atoms with Gasteiger partial charge in [0.05, 0.1) is 24.8 Å². The Morgan fingerprint density at radius 1 is 1.03 bits per heavy atom. The number of pyridine rings is 1. The Labute approximate surface area is 199 Å². The van der Waals surface area contributed by atoms with Crippen molar-refractivity contribution in [2.24, 2.45) is 0 Å². The number of benzene rings is 2. The zero-order chi connectivity index (χ0) is 24.4. The van der Waals surface area contributed by atoms with Gasteiger partial charge in [-0.2, -0.15) is 4.98 Å². The normalized spacial score (nSPS) is 12.5. The number of imide groups is 1. The molecule has 0 unspecified atom stereocenters. The van der Waals surface area contributed by atoms with E-state index in [1.165, 1.54) is 13.2 Å². The van der Waals surface area contributed by atoms with E-state index in [0.717, 1.165) is 4.90 Å². The molecule has 0 saturated carbocycles. The Morgan fingerprint density at radius 3 is 2.49 bits per heavy atom. The van der Waals surface area contributed by atoms with Crippen molar-refractivity contribution in [3.05, 3.63) is 95.1 Å². The van der Waals surface area contributed by atoms with Crippen molar-refractivity contribution in [2.75, 3.05) is 7.11 Å². The molecule has 10 nitrogen and oxygen atoms in total. The number of rotatable bonds is 7. The minimum absolute atomic E-state index is 0.00521. The van der Waals surface area contributed by atoms with Crippen LogP contribution in [0.15, 0.2) is 71.5 Å². The average molecular weight is 470 g/mol. The fraction of sp³-hybridized carbons (Fsp3) is 0.120. The number of fused-ring (bicyclic) bond motifs is 1. The molecule has 0 saturated heterocycles. The smallest absolute Gasteiger partial charge is 0.342 e. The summed E-state index contributed by atoms with van der Waals surface area (Å²) in [6, 6.07) is 14.9. The van der Waals surface area contributed by atoms with Crippen molar-refractivity contribution in [3.8, 4) is 17.1 Å². The fourth-order valence-electron chi connectivity index (χ4n) is 3.71. The van der Waals surface area contributed by atoms with Crippen LogP contribution in [0, 0.1) is 0 Å². The molecule has 0 aliphatic carbocycles. The molecule has 0 spiro atoms. The van der Waals surface area contributed by atoms with E-state index in [2.05, 4.69) is 15.1 Å². The van der Waals surface area contributed by atoms with Crippen LogP contribution in [0.1, 0.15) is 42.5 Å². The second kappa shape index (κ2) is 9.18. The first-order valence-electron chi connectivity index (χ1n) is 10.6. The maximum Gasteiger partial charge on any atom is 0.342 e. The molecule has 174 valence electrons. The molecule has 1 aliphatic heterocycles. The number of aromatic nitrogens is 3. The van der Waals surface area contributed by atoms with Crippen LogP contribution in [0.3, 0.4) is 0 Å². The Morgan fingerprint density at radius 2 is 1.80 bits per heavy atom. The first kappa shape index (κ1) is 22.0. The lowest BCUT2D eigenvalue weighted by Crippen LogP contribution is -2.29. The number of carbonyl (C=O) groups is 3. The van der Waals surface area contributed by atoms with Crippen molar-refractivity contribution in [1.29, 1.82) is 0 Å². The Bertz CT molecular complexity index is 1400. The van der Waals surface area contributed by atoms with Crippen molar-refractivity contribution in [2.45, 2.75) is 13.2 Å². The number of esters is 1. The first-order valence-corrected chi connectivity index (χ1v) is 10.6. The van der Waals surface area contributed by atoms with E-state index < -0.39 is 5.97 Å². The predicted molar refractivity (Wildman–Crippen MR) is 120 cm³/mol. The Hall–Kier alpha value is -4.86. The second-order valence-electron chi connectivity index (χ2n) is 7.61. The molecular weight excluding hydrogens is 452 g/mol. The van der Waals surface area contributed by atoms with Gasteiger partial charge in [-0.3, -0.25) is 19.5 Å². The molecule has 2 aromatic heterocycles. The van der Waals surface area contributed by atoms with Crippen LogP contribution in [0.2, 0.25) is 0 Å². The van der Waals surface area contributed by atoms with Gasteiger partial charge in [0.25, 0.3) is 17.7 Å². The van der Waals surface area contributed by atoms with E-state index in [0.29, 0.717) is 28.1 Å². The summed E-state index contributed by atoms with van der Waals surface area (Å²) < 4.78 is 15.8. The fourth-order valence-corrected chi connectivity index (χ4v) is 3.71. The van der Waals surface area contributed by atoms with E-state index in [1.807, 2.05) is 0 Å². The van der Waals surface area contributed by atoms with Crippen LogP contribution in [0.25, 0.3) is 11.4 Å². The monoisotopic (exact) mass is 470 g/mol. The van der Waals surface area contributed by atoms with E-state index in [1.54, 1.807) is 60.9 Å². The molecule has 3 heterocycles. The number of amides is 2. The summed E-state index contributed by atoms with van der Waals surface area (Å²) in [5.41, 5.74) is 2.07. The standard InChI is InChI=1S/C25H18N4O6/c1-33-20-9-8-15(13-29-23(30)17-6-2-3-7-18(17)24(29)31)11-19(20)25(32)34-14-21-27-22(28-35-21)16-5-4-10-26-12-16/h2-12H,13-14H2,1H3. The quantitative estimate of drug-likeness (QED) is 0.295. The van der Waals surface area contributed by atoms with Gasteiger partial charge in [-0.1, -0.05) is 23.4 Å². The second-order valence-corrected chi connectivity index (χ2v) is 7.61. The van der Waals surface area contributed by atoms with Gasteiger partial charge in [0, 0.05) is 18.0 Å². The zero-order valence-corrected chi connectivity index (χ0v) is 18.5. The molecule has 35 heavy (non-hydrogen) atoms. The number of nitrogens with zero attached hydrogens (tertiary/aromatic N) is 4. The van der Waals surface area contributed by atoms with Gasteiger partial charge >= 0.3 is 5.97 Å². The molecule has 0 N–H and O–H groups in total. The SMILES string of the molecule is COc1ccc(CN2C(=O)c3ccccc3C2=O)cc1C(=O)OCc1nc(-c2cccnc2)no1. The van der Waals surface area contributed by atoms with Crippen LogP contribution >= 0.6 is 0 Å². The maximum absolute atomic E-state index is 12.8. The van der Waals surface area contributed by atoms with Gasteiger partial charge in [0.2, 0.25) is 5.82 Å². The lowest BCUT2D eigenvalue weighted by molar-refractivity contribution is 0.0426. The summed E-state index contributed by atoms with van der Waals surface area (Å²) in [6.45, 7) is -0.257. The van der Waals surface area contributed by atoms with E-state index in [9.17, 15) is 14.4 Å². The number of ether oxygens (including phenoxy) is 2. The lowest BCUT2D eigenvalue weighted by atomic mass is 10.1. The summed E-state index contributed by atoms with van der Waals surface area (Å²) in [4.78, 5) is 47.5. The molecule has 0 bridgehead atoms. The summed E-state index contributed by atoms with van der Waals surface area (Å²) >= 11 is 0. The molecule has 2 aromatic carbocycles. The van der Waals surface area contributed by atoms with Crippen molar-refractivity contribution in [3.63, 3.8) is 0 Å². The molecule has 1 aliphatic rings. The highest BCUT2D eigenvalue weighted by Crippen LogP contribution is 2.27. The third-order valence-corrected chi connectivity index (χ3v) is 5.42. The molecular formula is C25H18N4O6. The maximum atomic E-state index is 12.8. The lowest BCUT2D eigenvalue weighted by Gasteiger charge is -2.15. The number of hydrogen-bond acceptors (Lipinski definition) is 9. The summed E-state index contributed by atoms with van der Waals surface area (Å²) in [7, 11) is 1.42. The van der Waals surface area contributed by atoms with Crippen LogP contribution in [-0.2, 0) is 17.9 Å². The van der Waals surface area contributed by atoms with Crippen LogP contribution in [-0.4, -0.2) is 44.9 Å². The van der Waals surface area contributed by atoms with Gasteiger partial charge in [0.15, 0.2) is 6.61 Å². The molecule has 10 heteroatoms. The van der Waals surface area contributed by atoms with Crippen LogP contribution in [0.5, 0.6) is 5.75 Å². The zero-order valence-electron chi connectivity index (χ0n) is 18.5. The first-order chi connectivity index (χ1) is 17.0. The van der Waals surface area contributed by atoms with Gasteiger partial charge in [0.1, 0.15) is 11.3 Å².